The van der Waals surface area contributed by atoms with E-state index in [9.17, 15) is 13.2 Å². The van der Waals surface area contributed by atoms with Crippen molar-refractivity contribution in [1.82, 2.24) is 4.72 Å². The van der Waals surface area contributed by atoms with Crippen LogP contribution in [0.5, 0.6) is 0 Å². The second-order valence-electron chi connectivity index (χ2n) is 8.25. The Morgan fingerprint density at radius 3 is 2.53 bits per heavy atom. The van der Waals surface area contributed by atoms with Crippen LogP contribution in [-0.4, -0.2) is 30.9 Å². The number of benzene rings is 2. The van der Waals surface area contributed by atoms with E-state index in [1.807, 2.05) is 42.5 Å². The van der Waals surface area contributed by atoms with Gasteiger partial charge >= 0.3 is 5.97 Å². The number of aliphatic carboxylic acids is 1. The molecule has 0 radical (unpaired) electrons. The summed E-state index contributed by atoms with van der Waals surface area (Å²) in [5.74, 6) is -1.25. The number of carboxylic acids is 1. The van der Waals surface area contributed by atoms with E-state index >= 15 is 0 Å². The Labute approximate surface area is 197 Å². The van der Waals surface area contributed by atoms with Crippen LogP contribution in [0.2, 0.25) is 5.02 Å². The number of carboxylic acid groups (broad SMARTS) is 1. The number of halogens is 2. The van der Waals surface area contributed by atoms with Crippen LogP contribution < -0.4 is 4.72 Å². The predicted molar refractivity (Wildman–Crippen MR) is 127 cm³/mol. The molecule has 1 atom stereocenters. The van der Waals surface area contributed by atoms with Gasteiger partial charge in [-0.15, -0.1) is 11.6 Å². The Morgan fingerprint density at radius 2 is 1.88 bits per heavy atom. The fourth-order valence-electron chi connectivity index (χ4n) is 4.70. The molecule has 1 saturated carbocycles. The minimum atomic E-state index is -4.03. The monoisotopic (exact) mass is 491 g/mol. The van der Waals surface area contributed by atoms with E-state index < -0.39 is 32.8 Å². The lowest BCUT2D eigenvalue weighted by molar-refractivity contribution is -0.135. The largest absolute Gasteiger partial charge is 0.480 e. The quantitative estimate of drug-likeness (QED) is 0.524. The minimum Gasteiger partial charge on any atom is -0.480 e. The lowest BCUT2D eigenvalue weighted by Gasteiger charge is -2.54. The van der Waals surface area contributed by atoms with Crippen molar-refractivity contribution in [2.45, 2.75) is 40.9 Å². The molecule has 0 amide bonds. The number of hydrogen-bond donors (Lipinski definition) is 2. The molecule has 32 heavy (non-hydrogen) atoms. The first-order valence-electron chi connectivity index (χ1n) is 10.3. The molecule has 1 fully saturated rings. The minimum absolute atomic E-state index is 0.0771. The van der Waals surface area contributed by atoms with Gasteiger partial charge in [0, 0.05) is 10.4 Å². The van der Waals surface area contributed by atoms with Crippen LogP contribution in [0.3, 0.4) is 0 Å². The third-order valence-corrected chi connectivity index (χ3v) is 8.73. The van der Waals surface area contributed by atoms with E-state index in [4.69, 9.17) is 28.3 Å². The molecule has 5 nitrogen and oxygen atoms in total. The normalized spacial score (nSPS) is 22.1. The second-order valence-corrected chi connectivity index (χ2v) is 11.1. The summed E-state index contributed by atoms with van der Waals surface area (Å²) in [6.07, 6.45) is 8.79. The number of hydrogen-bond acceptors (Lipinski definition) is 3. The Kier molecular flexibility index (Phi) is 6.25. The molecule has 0 spiro atoms. The molecule has 0 heterocycles. The molecule has 4 rings (SSSR count). The second kappa shape index (κ2) is 8.67. The molecule has 2 aliphatic rings. The Bertz CT molecular complexity index is 1220. The summed E-state index contributed by atoms with van der Waals surface area (Å²) in [5, 5.41) is 9.58. The topological polar surface area (TPSA) is 83.5 Å². The van der Waals surface area contributed by atoms with Gasteiger partial charge < -0.3 is 5.11 Å². The number of nitrogens with one attached hydrogen (secondary N) is 1. The van der Waals surface area contributed by atoms with Crippen LogP contribution >= 0.6 is 23.2 Å². The highest BCUT2D eigenvalue weighted by molar-refractivity contribution is 7.89. The molecule has 0 aliphatic heterocycles. The third kappa shape index (κ3) is 4.13. The van der Waals surface area contributed by atoms with E-state index in [1.165, 1.54) is 6.07 Å². The van der Waals surface area contributed by atoms with Crippen LogP contribution in [-0.2, 0) is 20.2 Å². The first kappa shape index (κ1) is 23.1. The van der Waals surface area contributed by atoms with Crippen molar-refractivity contribution in [2.75, 3.05) is 6.54 Å². The first-order chi connectivity index (χ1) is 15.2. The van der Waals surface area contributed by atoms with E-state index in [2.05, 4.69) is 4.72 Å². The van der Waals surface area contributed by atoms with Gasteiger partial charge in [0.2, 0.25) is 10.0 Å². The van der Waals surface area contributed by atoms with Gasteiger partial charge in [-0.2, -0.15) is 4.72 Å². The molecule has 2 aromatic rings. The number of allylic oxidation sites excluding steroid dienone is 4. The van der Waals surface area contributed by atoms with Crippen LogP contribution in [0.15, 0.2) is 71.7 Å². The molecular weight excluding hydrogens is 469 g/mol. The lowest BCUT2D eigenvalue weighted by atomic mass is 9.55. The van der Waals surface area contributed by atoms with Crippen LogP contribution in [0, 0.1) is 0 Å². The molecular formula is C24H23Cl2NO4S. The van der Waals surface area contributed by atoms with Gasteiger partial charge in [-0.05, 0) is 54.2 Å². The SMILES string of the molecule is O=C(O)CNS(=O)(=O)c1ccccc1C1(C2(Cl)C=CC=C(c3cccc(Cl)c3)C2)CCC1. The van der Waals surface area contributed by atoms with Crippen molar-refractivity contribution < 1.29 is 18.3 Å². The summed E-state index contributed by atoms with van der Waals surface area (Å²) in [6, 6.07) is 14.3. The highest BCUT2D eigenvalue weighted by atomic mass is 35.5. The highest BCUT2D eigenvalue weighted by Gasteiger charge is 2.55. The molecule has 2 N–H and O–H groups in total. The standard InChI is InChI=1S/C24H23Cl2NO4S/c25-19-8-3-6-17(14-19)18-7-4-13-24(26,15-18)23(11-5-12-23)20-9-1-2-10-21(20)32(30,31)27-16-22(28)29/h1-4,6-10,13-14,27H,5,11-12,15-16H2,(H,28,29). The maximum atomic E-state index is 13.0. The first-order valence-corrected chi connectivity index (χ1v) is 12.6. The van der Waals surface area contributed by atoms with Crippen molar-refractivity contribution >= 4 is 44.8 Å². The zero-order valence-electron chi connectivity index (χ0n) is 17.2. The lowest BCUT2D eigenvalue weighted by Crippen LogP contribution is -2.53. The predicted octanol–water partition coefficient (Wildman–Crippen LogP) is 5.15. The van der Waals surface area contributed by atoms with E-state index in [0.717, 1.165) is 30.4 Å². The summed E-state index contributed by atoms with van der Waals surface area (Å²) in [5.41, 5.74) is 2.03. The van der Waals surface area contributed by atoms with Crippen LogP contribution in [0.4, 0.5) is 0 Å². The molecule has 2 aliphatic carbocycles. The molecule has 1 unspecified atom stereocenters. The van der Waals surface area contributed by atoms with Crippen molar-refractivity contribution in [3.8, 4) is 0 Å². The van der Waals surface area contributed by atoms with Crippen molar-refractivity contribution in [1.29, 1.82) is 0 Å². The van der Waals surface area contributed by atoms with Gasteiger partial charge in [0.25, 0.3) is 0 Å². The number of rotatable bonds is 7. The van der Waals surface area contributed by atoms with Crippen LogP contribution in [0.1, 0.15) is 36.8 Å². The summed E-state index contributed by atoms with van der Waals surface area (Å²) >= 11 is 13.5. The van der Waals surface area contributed by atoms with Crippen molar-refractivity contribution in [3.63, 3.8) is 0 Å². The van der Waals surface area contributed by atoms with Gasteiger partial charge in [-0.3, -0.25) is 4.79 Å². The summed E-state index contributed by atoms with van der Waals surface area (Å²) in [6.45, 7) is -0.683. The summed E-state index contributed by atoms with van der Waals surface area (Å²) in [4.78, 5) is 10.2. The van der Waals surface area contributed by atoms with E-state index in [1.54, 1.807) is 18.2 Å². The fraction of sp³-hybridized carbons (Fsp3) is 0.292. The Hall–Kier alpha value is -2.12. The Morgan fingerprint density at radius 1 is 1.12 bits per heavy atom. The molecule has 168 valence electrons. The molecule has 2 aromatic carbocycles. The smallest absolute Gasteiger partial charge is 0.318 e. The fourth-order valence-corrected chi connectivity index (χ4v) is 6.67. The average molecular weight is 492 g/mol. The molecule has 0 aromatic heterocycles. The summed E-state index contributed by atoms with van der Waals surface area (Å²) < 4.78 is 28.2. The number of sulfonamides is 1. The third-order valence-electron chi connectivity index (χ3n) is 6.41. The van der Waals surface area contributed by atoms with Gasteiger partial charge in [-0.25, -0.2) is 8.42 Å². The molecule has 8 heteroatoms. The van der Waals surface area contributed by atoms with Crippen molar-refractivity contribution in [3.05, 3.63) is 82.9 Å². The van der Waals surface area contributed by atoms with E-state index in [-0.39, 0.29) is 4.90 Å². The Balaban J connectivity index is 1.75. The average Bonchev–Trinajstić information content (AvgIpc) is 2.72. The van der Waals surface area contributed by atoms with Gasteiger partial charge in [-0.1, -0.05) is 66.6 Å². The van der Waals surface area contributed by atoms with Crippen LogP contribution in [0.25, 0.3) is 5.57 Å². The van der Waals surface area contributed by atoms with Crippen molar-refractivity contribution in [2.24, 2.45) is 0 Å². The highest BCUT2D eigenvalue weighted by Crippen LogP contribution is 2.59. The van der Waals surface area contributed by atoms with Gasteiger partial charge in [0.05, 0.1) is 9.77 Å². The molecule has 0 bridgehead atoms. The van der Waals surface area contributed by atoms with E-state index in [0.29, 0.717) is 17.0 Å². The zero-order chi connectivity index (χ0) is 23.0. The maximum Gasteiger partial charge on any atom is 0.318 e. The van der Waals surface area contributed by atoms with Gasteiger partial charge in [0.1, 0.15) is 6.54 Å². The molecule has 0 saturated heterocycles. The number of carbonyl (C=O) groups is 1. The van der Waals surface area contributed by atoms with Gasteiger partial charge in [0.15, 0.2) is 0 Å². The maximum absolute atomic E-state index is 13.0. The zero-order valence-corrected chi connectivity index (χ0v) is 19.6. The summed E-state index contributed by atoms with van der Waals surface area (Å²) in [7, 11) is -4.03. The number of alkyl halides is 1.